The zero-order chi connectivity index (χ0) is 14.1. The van der Waals surface area contributed by atoms with E-state index in [0.29, 0.717) is 5.76 Å². The Morgan fingerprint density at radius 1 is 1.45 bits per heavy atom. The maximum atomic E-state index is 11.8. The minimum Gasteiger partial charge on any atom is -0.464 e. The summed E-state index contributed by atoms with van der Waals surface area (Å²) >= 11 is 0. The molecule has 0 aliphatic carbocycles. The van der Waals surface area contributed by atoms with Crippen molar-refractivity contribution < 1.29 is 19.0 Å². The van der Waals surface area contributed by atoms with E-state index in [4.69, 9.17) is 19.0 Å². The number of aliphatic hydroxyl groups is 1. The summed E-state index contributed by atoms with van der Waals surface area (Å²) in [5, 5.41) is 8.94. The van der Waals surface area contributed by atoms with Gasteiger partial charge in [-0.05, 0) is 12.1 Å². The van der Waals surface area contributed by atoms with E-state index in [-0.39, 0.29) is 18.8 Å². The number of hydrogen-bond acceptors (Lipinski definition) is 6. The van der Waals surface area contributed by atoms with Gasteiger partial charge < -0.3 is 19.0 Å². The van der Waals surface area contributed by atoms with Gasteiger partial charge in [-0.3, -0.25) is 14.3 Å². The zero-order valence-electron chi connectivity index (χ0n) is 10.3. The Bertz CT molecular complexity index is 701. The molecule has 0 amide bonds. The predicted molar refractivity (Wildman–Crippen MR) is 66.0 cm³/mol. The molecule has 1 saturated heterocycles. The van der Waals surface area contributed by atoms with Crippen LogP contribution in [-0.2, 0) is 9.47 Å². The molecule has 0 unspecified atom stereocenters. The van der Waals surface area contributed by atoms with Gasteiger partial charge in [0, 0.05) is 6.20 Å². The lowest BCUT2D eigenvalue weighted by Gasteiger charge is -2.12. The summed E-state index contributed by atoms with van der Waals surface area (Å²) in [6, 6.07) is 3.25. The third-order valence-electron chi connectivity index (χ3n) is 2.95. The van der Waals surface area contributed by atoms with Crippen molar-refractivity contribution in [1.82, 2.24) is 9.55 Å². The van der Waals surface area contributed by atoms with Crippen molar-refractivity contribution in [1.29, 1.82) is 0 Å². The third kappa shape index (κ3) is 2.20. The number of ether oxygens (including phenoxy) is 2. The van der Waals surface area contributed by atoms with E-state index in [0.717, 1.165) is 0 Å². The van der Waals surface area contributed by atoms with E-state index in [1.54, 1.807) is 12.1 Å². The summed E-state index contributed by atoms with van der Waals surface area (Å²) in [6.07, 6.45) is 1.31. The first-order valence-corrected chi connectivity index (χ1v) is 5.96. The molecule has 8 nitrogen and oxygen atoms in total. The molecule has 1 fully saturated rings. The SMILES string of the molecule is O=c1[nH]c(=O)n([C@@H]2CO[C@H](CO)O2)cc1-c1ccco1. The van der Waals surface area contributed by atoms with Gasteiger partial charge in [0.15, 0.2) is 12.5 Å². The van der Waals surface area contributed by atoms with Gasteiger partial charge >= 0.3 is 5.69 Å². The molecule has 0 aromatic carbocycles. The van der Waals surface area contributed by atoms with Crippen LogP contribution in [0.3, 0.4) is 0 Å². The number of aliphatic hydroxyl groups excluding tert-OH is 1. The molecule has 3 rings (SSSR count). The van der Waals surface area contributed by atoms with Gasteiger partial charge in [0.05, 0.1) is 25.0 Å². The van der Waals surface area contributed by atoms with Gasteiger partial charge in [-0.15, -0.1) is 0 Å². The first-order chi connectivity index (χ1) is 9.69. The van der Waals surface area contributed by atoms with E-state index >= 15 is 0 Å². The van der Waals surface area contributed by atoms with Gasteiger partial charge in [0.2, 0.25) is 0 Å². The van der Waals surface area contributed by atoms with Crippen molar-refractivity contribution in [2.24, 2.45) is 0 Å². The standard InChI is InChI=1S/C12H12N2O6/c15-5-10-19-6-9(20-10)14-4-7(8-2-1-3-18-8)11(16)13-12(14)17/h1-4,9-10,15H,5-6H2,(H,13,16,17)/t9-,10-/m0/s1. The zero-order valence-corrected chi connectivity index (χ0v) is 10.3. The molecule has 20 heavy (non-hydrogen) atoms. The number of nitrogens with one attached hydrogen (secondary N) is 1. The second-order valence-corrected chi connectivity index (χ2v) is 4.22. The molecule has 0 spiro atoms. The molecule has 0 bridgehead atoms. The monoisotopic (exact) mass is 280 g/mol. The first kappa shape index (κ1) is 12.9. The maximum Gasteiger partial charge on any atom is 0.330 e. The Hall–Kier alpha value is -2.16. The number of furan rings is 1. The van der Waals surface area contributed by atoms with Crippen molar-refractivity contribution in [3.8, 4) is 11.3 Å². The Labute approximate surface area is 112 Å². The molecule has 2 aromatic heterocycles. The summed E-state index contributed by atoms with van der Waals surface area (Å²) in [5.41, 5.74) is -0.943. The Kier molecular flexibility index (Phi) is 3.26. The second kappa shape index (κ2) is 5.08. The highest BCUT2D eigenvalue weighted by molar-refractivity contribution is 5.54. The molecular formula is C12H12N2O6. The maximum absolute atomic E-state index is 11.8. The molecule has 1 aliphatic rings. The van der Waals surface area contributed by atoms with Crippen LogP contribution < -0.4 is 11.2 Å². The molecule has 1 aliphatic heterocycles. The quantitative estimate of drug-likeness (QED) is 0.796. The normalized spacial score (nSPS) is 22.2. The van der Waals surface area contributed by atoms with Gasteiger partial charge in [0.25, 0.3) is 5.56 Å². The Morgan fingerprint density at radius 2 is 2.30 bits per heavy atom. The van der Waals surface area contributed by atoms with Gasteiger partial charge in [0.1, 0.15) is 5.76 Å². The third-order valence-corrected chi connectivity index (χ3v) is 2.95. The number of aromatic nitrogens is 2. The van der Waals surface area contributed by atoms with E-state index in [1.165, 1.54) is 17.0 Å². The lowest BCUT2D eigenvalue weighted by Crippen LogP contribution is -2.34. The summed E-state index contributed by atoms with van der Waals surface area (Å²) in [5.74, 6) is 0.345. The fourth-order valence-electron chi connectivity index (χ4n) is 1.99. The van der Waals surface area contributed by atoms with Crippen LogP contribution in [0.2, 0.25) is 0 Å². The lowest BCUT2D eigenvalue weighted by molar-refractivity contribution is -0.0992. The smallest absolute Gasteiger partial charge is 0.330 e. The molecule has 2 atom stereocenters. The first-order valence-electron chi connectivity index (χ1n) is 5.96. The molecule has 2 aromatic rings. The topological polar surface area (TPSA) is 107 Å². The summed E-state index contributed by atoms with van der Waals surface area (Å²) < 4.78 is 16.8. The van der Waals surface area contributed by atoms with Crippen LogP contribution in [0.5, 0.6) is 0 Å². The van der Waals surface area contributed by atoms with Crippen LogP contribution in [0, 0.1) is 0 Å². The highest BCUT2D eigenvalue weighted by Crippen LogP contribution is 2.21. The summed E-state index contributed by atoms with van der Waals surface area (Å²) in [7, 11) is 0. The number of H-pyrrole nitrogens is 1. The van der Waals surface area contributed by atoms with Gasteiger partial charge in [-0.2, -0.15) is 0 Å². The minimum absolute atomic E-state index is 0.106. The van der Waals surface area contributed by atoms with Gasteiger partial charge in [-0.25, -0.2) is 4.79 Å². The van der Waals surface area contributed by atoms with Crippen LogP contribution in [0.25, 0.3) is 11.3 Å². The van der Waals surface area contributed by atoms with Crippen molar-refractivity contribution in [3.63, 3.8) is 0 Å². The van der Waals surface area contributed by atoms with Crippen LogP contribution in [-0.4, -0.2) is 34.2 Å². The minimum atomic E-state index is -0.772. The number of nitrogens with zero attached hydrogens (tertiary/aromatic N) is 1. The molecule has 106 valence electrons. The van der Waals surface area contributed by atoms with E-state index in [9.17, 15) is 9.59 Å². The number of rotatable bonds is 3. The lowest BCUT2D eigenvalue weighted by atomic mass is 10.2. The highest BCUT2D eigenvalue weighted by atomic mass is 16.7. The van der Waals surface area contributed by atoms with Crippen LogP contribution in [0.1, 0.15) is 6.23 Å². The van der Waals surface area contributed by atoms with E-state index in [2.05, 4.69) is 4.98 Å². The molecule has 0 radical (unpaired) electrons. The molecule has 3 heterocycles. The molecule has 0 saturated carbocycles. The van der Waals surface area contributed by atoms with Crippen molar-refractivity contribution in [2.45, 2.75) is 12.5 Å². The Morgan fingerprint density at radius 3 is 2.95 bits per heavy atom. The predicted octanol–water partition coefficient (Wildman–Crippen LogP) is -0.340. The second-order valence-electron chi connectivity index (χ2n) is 4.22. The summed E-state index contributed by atoms with van der Waals surface area (Å²) in [6.45, 7) is -0.200. The Balaban J connectivity index is 2.02. The van der Waals surface area contributed by atoms with Crippen molar-refractivity contribution >= 4 is 0 Å². The van der Waals surface area contributed by atoms with Crippen molar-refractivity contribution in [3.05, 3.63) is 45.4 Å². The number of aromatic amines is 1. The summed E-state index contributed by atoms with van der Waals surface area (Å²) in [4.78, 5) is 25.8. The van der Waals surface area contributed by atoms with Crippen molar-refractivity contribution in [2.75, 3.05) is 13.2 Å². The molecule has 2 N–H and O–H groups in total. The average Bonchev–Trinajstić information content (AvgIpc) is 3.09. The molecule has 8 heteroatoms. The van der Waals surface area contributed by atoms with Gasteiger partial charge in [-0.1, -0.05) is 0 Å². The van der Waals surface area contributed by atoms with E-state index in [1.807, 2.05) is 0 Å². The van der Waals surface area contributed by atoms with Crippen LogP contribution in [0.15, 0.2) is 38.6 Å². The van der Waals surface area contributed by atoms with Crippen LogP contribution >= 0.6 is 0 Å². The molecular weight excluding hydrogens is 268 g/mol. The highest BCUT2D eigenvalue weighted by Gasteiger charge is 2.28. The largest absolute Gasteiger partial charge is 0.464 e. The average molecular weight is 280 g/mol. The van der Waals surface area contributed by atoms with E-state index < -0.39 is 23.8 Å². The fraction of sp³-hybridized carbons (Fsp3) is 0.333. The number of hydrogen-bond donors (Lipinski definition) is 2. The van der Waals surface area contributed by atoms with Crippen LogP contribution in [0.4, 0.5) is 0 Å². The fourth-order valence-corrected chi connectivity index (χ4v) is 1.99.